The van der Waals surface area contributed by atoms with E-state index in [1.807, 2.05) is 0 Å². The molecule has 0 fully saturated rings. The van der Waals surface area contributed by atoms with Crippen LogP contribution < -0.4 is 0 Å². The molecule has 0 spiro atoms. The number of hydrogen-bond acceptors (Lipinski definition) is 1. The quantitative estimate of drug-likeness (QED) is 0.0757. The Hall–Kier alpha value is -2.90. The molecule has 0 radical (unpaired) electrons. The minimum atomic E-state index is -0.115. The second-order valence-electron chi connectivity index (χ2n) is 12.4. The van der Waals surface area contributed by atoms with E-state index in [0.29, 0.717) is 0 Å². The van der Waals surface area contributed by atoms with Gasteiger partial charge in [0.2, 0.25) is 0 Å². The number of hydrogen-bond donors (Lipinski definition) is 0. The topological polar surface area (TPSA) is 9.23 Å². The van der Waals surface area contributed by atoms with E-state index in [9.17, 15) is 0 Å². The molecule has 0 aliphatic rings. The van der Waals surface area contributed by atoms with Gasteiger partial charge in [0, 0.05) is 7.11 Å². The van der Waals surface area contributed by atoms with Gasteiger partial charge in [-0.15, -0.1) is 0 Å². The third-order valence-electron chi connectivity index (χ3n) is 7.01. The van der Waals surface area contributed by atoms with Crippen LogP contribution in [0, 0.1) is 0 Å². The van der Waals surface area contributed by atoms with Crippen LogP contribution in [0.25, 0.3) is 0 Å². The first-order chi connectivity index (χ1) is 19.8. The standard InChI is InChI=1S/C41H62O/c1-34(2)20-14-23-37(5)26-17-29-38(6)27-15-24-35(3)21-12-13-22-36(4)25-16-28-39(7)30-18-31-40(8)32-19-33-41(9,10)42-11/h15-16,18-20,22,24-25,27-28,30-32H,5-6,12-14,17,21,23,26,29,33H2,1-4,7-11H3/b25-16+,27-15+,30-18+,32-19+,35-24+,36-22+,39-28+,40-31+. The average molecular weight is 571 g/mol. The Morgan fingerprint density at radius 2 is 1.26 bits per heavy atom. The SMILES string of the molecule is C=C(/C=C/C=C(\C)CCC/C=C(C)/C=C/C=C(C)/C=C/C=C(C)/C=C/CC(C)(C)OC)CCCC(=C)CCC=C(C)C. The van der Waals surface area contributed by atoms with Crippen LogP contribution in [0.1, 0.15) is 113 Å². The average Bonchev–Trinajstić information content (AvgIpc) is 2.91. The lowest BCUT2D eigenvalue weighted by Crippen LogP contribution is -2.20. The molecule has 0 N–H and O–H groups in total. The first-order valence-corrected chi connectivity index (χ1v) is 15.7. The van der Waals surface area contributed by atoms with Gasteiger partial charge in [0.15, 0.2) is 0 Å². The lowest BCUT2D eigenvalue weighted by Gasteiger charge is -2.20. The molecular formula is C41H62O. The second kappa shape index (κ2) is 23.6. The third kappa shape index (κ3) is 24.9. The van der Waals surface area contributed by atoms with Crippen molar-refractivity contribution in [1.29, 1.82) is 0 Å². The monoisotopic (exact) mass is 570 g/mol. The highest BCUT2D eigenvalue weighted by molar-refractivity contribution is 5.30. The minimum absolute atomic E-state index is 0.115. The van der Waals surface area contributed by atoms with Crippen molar-refractivity contribution in [3.8, 4) is 0 Å². The summed E-state index contributed by atoms with van der Waals surface area (Å²) in [5.41, 5.74) is 9.00. The van der Waals surface area contributed by atoms with Crippen molar-refractivity contribution in [3.05, 3.63) is 131 Å². The molecule has 0 amide bonds. The van der Waals surface area contributed by atoms with Crippen LogP contribution >= 0.6 is 0 Å². The highest BCUT2D eigenvalue weighted by Gasteiger charge is 2.12. The first-order valence-electron chi connectivity index (χ1n) is 15.7. The summed E-state index contributed by atoms with van der Waals surface area (Å²) in [5, 5.41) is 0. The fourth-order valence-electron chi connectivity index (χ4n) is 3.98. The van der Waals surface area contributed by atoms with Gasteiger partial charge in [0.1, 0.15) is 0 Å². The number of methoxy groups -OCH3 is 1. The Labute approximate surface area is 261 Å². The summed E-state index contributed by atoms with van der Waals surface area (Å²) in [6.07, 6.45) is 38.1. The fraction of sp³-hybridized carbons (Fsp3) is 0.463. The number of rotatable bonds is 21. The molecule has 0 aliphatic heterocycles. The van der Waals surface area contributed by atoms with E-state index < -0.39 is 0 Å². The zero-order valence-corrected chi connectivity index (χ0v) is 28.7. The van der Waals surface area contributed by atoms with Crippen molar-refractivity contribution in [2.75, 3.05) is 7.11 Å². The summed E-state index contributed by atoms with van der Waals surface area (Å²) in [6.45, 7) is 25.6. The van der Waals surface area contributed by atoms with Gasteiger partial charge < -0.3 is 4.74 Å². The van der Waals surface area contributed by atoms with E-state index in [4.69, 9.17) is 4.74 Å². The van der Waals surface area contributed by atoms with Crippen molar-refractivity contribution in [1.82, 2.24) is 0 Å². The van der Waals surface area contributed by atoms with Crippen molar-refractivity contribution in [2.24, 2.45) is 0 Å². The number of ether oxygens (including phenoxy) is 1. The normalized spacial score (nSPS) is 14.2. The second-order valence-corrected chi connectivity index (χ2v) is 12.4. The van der Waals surface area contributed by atoms with Crippen LogP contribution in [0.4, 0.5) is 0 Å². The van der Waals surface area contributed by atoms with E-state index in [1.165, 1.54) is 39.0 Å². The highest BCUT2D eigenvalue weighted by Crippen LogP contribution is 2.17. The molecule has 0 bridgehead atoms. The molecule has 0 saturated carbocycles. The number of unbranched alkanes of at least 4 members (excludes halogenated alkanes) is 1. The summed E-state index contributed by atoms with van der Waals surface area (Å²) in [6, 6.07) is 0. The molecule has 0 saturated heterocycles. The smallest absolute Gasteiger partial charge is 0.0657 e. The van der Waals surface area contributed by atoms with Gasteiger partial charge in [-0.1, -0.05) is 131 Å². The highest BCUT2D eigenvalue weighted by atomic mass is 16.5. The Bertz CT molecular complexity index is 1080. The summed E-state index contributed by atoms with van der Waals surface area (Å²) >= 11 is 0. The van der Waals surface area contributed by atoms with Crippen LogP contribution in [-0.4, -0.2) is 12.7 Å². The number of allylic oxidation sites excluding steroid dienone is 19. The molecule has 0 aliphatic carbocycles. The zero-order chi connectivity index (χ0) is 31.8. The molecule has 1 heteroatoms. The predicted octanol–water partition coefficient (Wildman–Crippen LogP) is 13.0. The zero-order valence-electron chi connectivity index (χ0n) is 28.7. The molecule has 0 aromatic rings. The predicted molar refractivity (Wildman–Crippen MR) is 192 cm³/mol. The van der Waals surface area contributed by atoms with Gasteiger partial charge in [-0.2, -0.15) is 0 Å². The molecule has 0 atom stereocenters. The summed E-state index contributed by atoms with van der Waals surface area (Å²) in [4.78, 5) is 0. The van der Waals surface area contributed by atoms with Crippen molar-refractivity contribution in [2.45, 2.75) is 119 Å². The lowest BCUT2D eigenvalue weighted by molar-refractivity contribution is 0.0255. The molecular weight excluding hydrogens is 508 g/mol. The first kappa shape index (κ1) is 39.1. The van der Waals surface area contributed by atoms with Crippen LogP contribution in [0.5, 0.6) is 0 Å². The lowest BCUT2D eigenvalue weighted by atomic mass is 10.0. The maximum atomic E-state index is 5.45. The molecule has 42 heavy (non-hydrogen) atoms. The Morgan fingerprint density at radius 3 is 1.90 bits per heavy atom. The Balaban J connectivity index is 4.37. The summed E-state index contributed by atoms with van der Waals surface area (Å²) < 4.78 is 5.45. The van der Waals surface area contributed by atoms with Gasteiger partial charge in [0.25, 0.3) is 0 Å². The van der Waals surface area contributed by atoms with Crippen molar-refractivity contribution >= 4 is 0 Å². The maximum absolute atomic E-state index is 5.45. The molecule has 0 rings (SSSR count). The molecule has 1 nitrogen and oxygen atoms in total. The van der Waals surface area contributed by atoms with Crippen LogP contribution in [0.3, 0.4) is 0 Å². The largest absolute Gasteiger partial charge is 0.378 e. The maximum Gasteiger partial charge on any atom is 0.0657 e. The van der Waals surface area contributed by atoms with E-state index in [1.54, 1.807) is 7.11 Å². The summed E-state index contributed by atoms with van der Waals surface area (Å²) in [5.74, 6) is 0. The van der Waals surface area contributed by atoms with E-state index in [0.717, 1.165) is 57.8 Å². The molecule has 0 aromatic heterocycles. The van der Waals surface area contributed by atoms with Gasteiger partial charge in [0.05, 0.1) is 5.60 Å². The molecule has 0 heterocycles. The van der Waals surface area contributed by atoms with Crippen molar-refractivity contribution < 1.29 is 4.74 Å². The van der Waals surface area contributed by atoms with Crippen molar-refractivity contribution in [3.63, 3.8) is 0 Å². The van der Waals surface area contributed by atoms with Gasteiger partial charge >= 0.3 is 0 Å². The van der Waals surface area contributed by atoms with Crippen LogP contribution in [0.15, 0.2) is 131 Å². The van der Waals surface area contributed by atoms with E-state index >= 15 is 0 Å². The Kier molecular flexibility index (Phi) is 22.0. The van der Waals surface area contributed by atoms with Crippen LogP contribution in [0.2, 0.25) is 0 Å². The Morgan fingerprint density at radius 1 is 0.643 bits per heavy atom. The van der Waals surface area contributed by atoms with Gasteiger partial charge in [-0.05, 0) is 113 Å². The fourth-order valence-corrected chi connectivity index (χ4v) is 3.98. The van der Waals surface area contributed by atoms with Gasteiger partial charge in [-0.3, -0.25) is 0 Å². The molecule has 0 unspecified atom stereocenters. The minimum Gasteiger partial charge on any atom is -0.378 e. The van der Waals surface area contributed by atoms with E-state index in [2.05, 4.69) is 148 Å². The third-order valence-corrected chi connectivity index (χ3v) is 7.01. The van der Waals surface area contributed by atoms with Gasteiger partial charge in [-0.25, -0.2) is 0 Å². The summed E-state index contributed by atoms with van der Waals surface area (Å²) in [7, 11) is 1.76. The molecule has 0 aromatic carbocycles. The molecule has 232 valence electrons. The van der Waals surface area contributed by atoms with Crippen LogP contribution in [-0.2, 0) is 4.74 Å². The van der Waals surface area contributed by atoms with E-state index in [-0.39, 0.29) is 5.60 Å².